The molecule has 0 saturated carbocycles. The van der Waals surface area contributed by atoms with Crippen LogP contribution in [0.1, 0.15) is 12.8 Å². The molecule has 1 unspecified atom stereocenters. The maximum Gasteiger partial charge on any atom is 0.243 e. The zero-order valence-electron chi connectivity index (χ0n) is 12.4. The maximum atomic E-state index is 12.1. The van der Waals surface area contributed by atoms with Gasteiger partial charge in [-0.05, 0) is 42.8 Å². The van der Waals surface area contributed by atoms with Gasteiger partial charge in [0.05, 0.1) is 0 Å². The number of para-hydroxylation sites is 1. The third-order valence-electron chi connectivity index (χ3n) is 3.46. The van der Waals surface area contributed by atoms with Gasteiger partial charge in [0.2, 0.25) is 11.8 Å². The molecule has 1 fully saturated rings. The molecule has 0 bridgehead atoms. The highest BCUT2D eigenvalue weighted by atomic mass is 16.5. The molecule has 3 N–H and O–H groups in total. The molecule has 2 amide bonds. The van der Waals surface area contributed by atoms with Crippen LogP contribution in [0, 0.1) is 0 Å². The quantitative estimate of drug-likeness (QED) is 0.809. The lowest BCUT2D eigenvalue weighted by molar-refractivity contribution is -0.126. The first-order chi connectivity index (χ1) is 11.2. The van der Waals surface area contributed by atoms with E-state index in [0.717, 1.165) is 5.75 Å². The van der Waals surface area contributed by atoms with Crippen molar-refractivity contribution in [3.05, 3.63) is 54.6 Å². The second-order valence-corrected chi connectivity index (χ2v) is 5.21. The minimum Gasteiger partial charge on any atom is -0.457 e. The summed E-state index contributed by atoms with van der Waals surface area (Å²) in [5.74, 6) is 1.17. The molecule has 1 aliphatic rings. The van der Waals surface area contributed by atoms with Gasteiger partial charge in [-0.15, -0.1) is 0 Å². The number of nitrogens with one attached hydrogen (secondary N) is 3. The number of ether oxygens (including phenoxy) is 1. The van der Waals surface area contributed by atoms with Crippen molar-refractivity contribution in [1.82, 2.24) is 10.9 Å². The zero-order chi connectivity index (χ0) is 16.1. The van der Waals surface area contributed by atoms with Crippen molar-refractivity contribution in [3.63, 3.8) is 0 Å². The van der Waals surface area contributed by atoms with E-state index in [-0.39, 0.29) is 11.8 Å². The minimum atomic E-state index is -0.423. The fourth-order valence-electron chi connectivity index (χ4n) is 2.23. The van der Waals surface area contributed by atoms with Crippen LogP contribution in [0.25, 0.3) is 0 Å². The van der Waals surface area contributed by atoms with E-state index in [2.05, 4.69) is 16.2 Å². The van der Waals surface area contributed by atoms with Crippen LogP contribution in [0.5, 0.6) is 11.5 Å². The molecule has 6 nitrogen and oxygen atoms in total. The van der Waals surface area contributed by atoms with Crippen molar-refractivity contribution in [2.75, 3.05) is 5.32 Å². The first-order valence-corrected chi connectivity index (χ1v) is 7.39. The van der Waals surface area contributed by atoms with Crippen LogP contribution in [0.15, 0.2) is 54.6 Å². The third kappa shape index (κ3) is 4.08. The average molecular weight is 311 g/mol. The van der Waals surface area contributed by atoms with Gasteiger partial charge in [-0.25, -0.2) is 5.43 Å². The van der Waals surface area contributed by atoms with Gasteiger partial charge in [0.25, 0.3) is 0 Å². The summed E-state index contributed by atoms with van der Waals surface area (Å²) in [4.78, 5) is 23.2. The van der Waals surface area contributed by atoms with Crippen molar-refractivity contribution in [2.24, 2.45) is 0 Å². The molecule has 118 valence electrons. The molecule has 1 atom stereocenters. The minimum absolute atomic E-state index is 0.100. The van der Waals surface area contributed by atoms with E-state index in [1.54, 1.807) is 24.3 Å². The summed E-state index contributed by atoms with van der Waals surface area (Å²) in [5, 5.41) is 2.81. The number of hydrogen-bond acceptors (Lipinski definition) is 4. The van der Waals surface area contributed by atoms with E-state index < -0.39 is 6.04 Å². The lowest BCUT2D eigenvalue weighted by Crippen LogP contribution is -2.54. The van der Waals surface area contributed by atoms with Gasteiger partial charge >= 0.3 is 0 Å². The molecule has 0 spiro atoms. The van der Waals surface area contributed by atoms with Gasteiger partial charge in [0.1, 0.15) is 17.5 Å². The lowest BCUT2D eigenvalue weighted by atomic mass is 10.1. The maximum absolute atomic E-state index is 12.1. The first kappa shape index (κ1) is 15.1. The van der Waals surface area contributed by atoms with Crippen molar-refractivity contribution < 1.29 is 14.3 Å². The second kappa shape index (κ2) is 6.93. The van der Waals surface area contributed by atoms with Crippen LogP contribution in [0.4, 0.5) is 5.69 Å². The summed E-state index contributed by atoms with van der Waals surface area (Å²) in [6.45, 7) is 0. The molecule has 0 aliphatic carbocycles. The number of hydrazine groups is 1. The Morgan fingerprint density at radius 2 is 1.74 bits per heavy atom. The Kier molecular flexibility index (Phi) is 4.54. The molecule has 1 heterocycles. The number of amides is 2. The third-order valence-corrected chi connectivity index (χ3v) is 3.46. The Hall–Kier alpha value is -2.86. The topological polar surface area (TPSA) is 79.5 Å². The molecule has 23 heavy (non-hydrogen) atoms. The number of carbonyl (C=O) groups is 2. The van der Waals surface area contributed by atoms with Gasteiger partial charge in [-0.1, -0.05) is 18.2 Å². The van der Waals surface area contributed by atoms with Crippen molar-refractivity contribution in [3.8, 4) is 11.5 Å². The lowest BCUT2D eigenvalue weighted by Gasteiger charge is -2.22. The van der Waals surface area contributed by atoms with Crippen LogP contribution in [0.3, 0.4) is 0 Å². The fraction of sp³-hybridized carbons (Fsp3) is 0.176. The zero-order valence-corrected chi connectivity index (χ0v) is 12.4. The predicted octanol–water partition coefficient (Wildman–Crippen LogP) is 2.20. The number of carbonyl (C=O) groups excluding carboxylic acids is 2. The summed E-state index contributed by atoms with van der Waals surface area (Å²) >= 11 is 0. The van der Waals surface area contributed by atoms with E-state index in [0.29, 0.717) is 24.3 Å². The summed E-state index contributed by atoms with van der Waals surface area (Å²) < 4.78 is 5.69. The molecular weight excluding hydrogens is 294 g/mol. The largest absolute Gasteiger partial charge is 0.457 e. The Labute approximate surface area is 133 Å². The summed E-state index contributed by atoms with van der Waals surface area (Å²) in [7, 11) is 0. The van der Waals surface area contributed by atoms with Crippen molar-refractivity contribution in [1.29, 1.82) is 0 Å². The van der Waals surface area contributed by atoms with Crippen LogP contribution in [-0.4, -0.2) is 17.9 Å². The molecule has 0 aromatic heterocycles. The number of benzene rings is 2. The Bertz CT molecular complexity index is 676. The van der Waals surface area contributed by atoms with Gasteiger partial charge in [-0.2, -0.15) is 0 Å². The van der Waals surface area contributed by atoms with E-state index in [1.165, 1.54) is 0 Å². The average Bonchev–Trinajstić information content (AvgIpc) is 2.58. The van der Waals surface area contributed by atoms with Gasteiger partial charge < -0.3 is 10.1 Å². The van der Waals surface area contributed by atoms with E-state index in [1.807, 2.05) is 30.3 Å². The van der Waals surface area contributed by atoms with Crippen LogP contribution in [0.2, 0.25) is 0 Å². The van der Waals surface area contributed by atoms with Crippen LogP contribution < -0.4 is 20.9 Å². The van der Waals surface area contributed by atoms with Gasteiger partial charge in [-0.3, -0.25) is 15.0 Å². The van der Waals surface area contributed by atoms with Crippen LogP contribution in [-0.2, 0) is 9.59 Å². The Morgan fingerprint density at radius 1 is 1.04 bits per heavy atom. The monoisotopic (exact) mass is 311 g/mol. The molecule has 6 heteroatoms. The van der Waals surface area contributed by atoms with Gasteiger partial charge in [0.15, 0.2) is 0 Å². The standard InChI is InChI=1S/C17H17N3O3/c21-16-11-10-15(19-20-16)17(22)18-12-6-8-14(9-7-12)23-13-4-2-1-3-5-13/h1-9,15,19H,10-11H2,(H,18,22)(H,20,21). The Morgan fingerprint density at radius 3 is 2.39 bits per heavy atom. The summed E-state index contributed by atoms with van der Waals surface area (Å²) in [6, 6.07) is 16.2. The van der Waals surface area contributed by atoms with Crippen molar-refractivity contribution >= 4 is 17.5 Å². The summed E-state index contributed by atoms with van der Waals surface area (Å²) in [5.41, 5.74) is 5.84. The van der Waals surface area contributed by atoms with E-state index >= 15 is 0 Å². The molecule has 2 aromatic carbocycles. The number of rotatable bonds is 4. The highest BCUT2D eigenvalue weighted by Gasteiger charge is 2.23. The van der Waals surface area contributed by atoms with Gasteiger partial charge in [0, 0.05) is 12.1 Å². The smallest absolute Gasteiger partial charge is 0.243 e. The number of anilines is 1. The summed E-state index contributed by atoms with van der Waals surface area (Å²) in [6.07, 6.45) is 0.821. The highest BCUT2D eigenvalue weighted by Crippen LogP contribution is 2.22. The molecular formula is C17H17N3O3. The second-order valence-electron chi connectivity index (χ2n) is 5.21. The normalized spacial score (nSPS) is 17.2. The molecule has 1 saturated heterocycles. The van der Waals surface area contributed by atoms with Crippen LogP contribution >= 0.6 is 0 Å². The molecule has 1 aliphatic heterocycles. The SMILES string of the molecule is O=C1CCC(C(=O)Nc2ccc(Oc3ccccc3)cc2)NN1. The molecule has 0 radical (unpaired) electrons. The molecule has 2 aromatic rings. The van der Waals surface area contributed by atoms with E-state index in [9.17, 15) is 9.59 Å². The van der Waals surface area contributed by atoms with E-state index in [4.69, 9.17) is 4.74 Å². The highest BCUT2D eigenvalue weighted by molar-refractivity contribution is 5.95. The fourth-order valence-corrected chi connectivity index (χ4v) is 2.23. The number of hydrogen-bond donors (Lipinski definition) is 3. The molecule has 3 rings (SSSR count). The Balaban J connectivity index is 1.57. The van der Waals surface area contributed by atoms with Crippen molar-refractivity contribution in [2.45, 2.75) is 18.9 Å². The first-order valence-electron chi connectivity index (χ1n) is 7.39. The predicted molar refractivity (Wildman–Crippen MR) is 85.9 cm³/mol.